The highest BCUT2D eigenvalue weighted by Gasteiger charge is 2.23. The Bertz CT molecular complexity index is 1370. The third-order valence-corrected chi connectivity index (χ3v) is 5.72. The van der Waals surface area contributed by atoms with Gasteiger partial charge < -0.3 is 10.6 Å². The number of benzene rings is 3. The van der Waals surface area contributed by atoms with Gasteiger partial charge in [-0.25, -0.2) is 4.39 Å². The van der Waals surface area contributed by atoms with Gasteiger partial charge in [-0.3, -0.25) is 14.6 Å². The fourth-order valence-electron chi connectivity index (χ4n) is 4.09. The van der Waals surface area contributed by atoms with Gasteiger partial charge in [-0.15, -0.1) is 0 Å². The summed E-state index contributed by atoms with van der Waals surface area (Å²) in [5, 5.41) is 5.64. The van der Waals surface area contributed by atoms with Crippen molar-refractivity contribution in [3.8, 4) is 11.1 Å². The van der Waals surface area contributed by atoms with E-state index in [1.807, 2.05) is 30.3 Å². The van der Waals surface area contributed by atoms with Crippen LogP contribution >= 0.6 is 0 Å². The molecule has 0 spiro atoms. The molecule has 6 heteroatoms. The number of hydrogen-bond donors (Lipinski definition) is 2. The molecule has 0 atom stereocenters. The second kappa shape index (κ2) is 8.67. The Hall–Kier alpha value is -4.32. The molecule has 1 aromatic heterocycles. The van der Waals surface area contributed by atoms with Crippen LogP contribution in [0.25, 0.3) is 11.1 Å². The number of nitrogens with zero attached hydrogens (tertiary/aromatic N) is 1. The van der Waals surface area contributed by atoms with Crippen LogP contribution in [0.15, 0.2) is 85.2 Å². The molecule has 0 unspecified atom stereocenters. The maximum atomic E-state index is 13.1. The molecule has 0 fully saturated rings. The first kappa shape index (κ1) is 20.6. The monoisotopic (exact) mass is 437 g/mol. The molecule has 33 heavy (non-hydrogen) atoms. The first-order valence-electron chi connectivity index (χ1n) is 10.6. The van der Waals surface area contributed by atoms with Gasteiger partial charge in [0.15, 0.2) is 0 Å². The Morgan fingerprint density at radius 1 is 0.879 bits per heavy atom. The number of halogens is 1. The highest BCUT2D eigenvalue weighted by Crippen LogP contribution is 2.38. The number of anilines is 1. The topological polar surface area (TPSA) is 71.1 Å². The first-order chi connectivity index (χ1) is 16.1. The normalized spacial score (nSPS) is 11.4. The van der Waals surface area contributed by atoms with E-state index in [0.717, 1.165) is 22.3 Å². The molecule has 0 saturated carbocycles. The van der Waals surface area contributed by atoms with Crippen LogP contribution in [-0.2, 0) is 13.0 Å². The van der Waals surface area contributed by atoms with Gasteiger partial charge in [0.05, 0.1) is 17.4 Å². The van der Waals surface area contributed by atoms with Gasteiger partial charge in [0.25, 0.3) is 11.8 Å². The number of hydrogen-bond acceptors (Lipinski definition) is 3. The SMILES string of the molecule is O=C(NCc1ccc(F)cc1)c1cncc(NC(=O)c2cccc3c2Cc2ccccc2-3)c1. The zero-order valence-corrected chi connectivity index (χ0v) is 17.6. The fraction of sp³-hybridized carbons (Fsp3) is 0.0741. The third kappa shape index (κ3) is 4.23. The molecule has 1 aliphatic carbocycles. The molecule has 2 amide bonds. The Morgan fingerprint density at radius 3 is 2.52 bits per heavy atom. The summed E-state index contributed by atoms with van der Waals surface area (Å²) in [7, 11) is 0. The number of amides is 2. The Morgan fingerprint density at radius 2 is 1.67 bits per heavy atom. The highest BCUT2D eigenvalue weighted by atomic mass is 19.1. The standard InChI is InChI=1S/C27H20FN3O2/c28-20-10-8-17(9-11-20)14-30-26(32)19-12-21(16-29-15-19)31-27(33)24-7-3-6-23-22-5-2-1-4-18(22)13-25(23)24/h1-12,15-16H,13-14H2,(H,30,32)(H,31,33). The summed E-state index contributed by atoms with van der Waals surface area (Å²) >= 11 is 0. The summed E-state index contributed by atoms with van der Waals surface area (Å²) in [6.45, 7) is 0.256. The lowest BCUT2D eigenvalue weighted by Crippen LogP contribution is -2.23. The fourth-order valence-corrected chi connectivity index (χ4v) is 4.09. The summed E-state index contributed by atoms with van der Waals surface area (Å²) < 4.78 is 13.0. The second-order valence-electron chi connectivity index (χ2n) is 7.89. The van der Waals surface area contributed by atoms with Crippen molar-refractivity contribution in [3.63, 3.8) is 0 Å². The van der Waals surface area contributed by atoms with Crippen molar-refractivity contribution in [2.45, 2.75) is 13.0 Å². The van der Waals surface area contributed by atoms with Crippen molar-refractivity contribution >= 4 is 17.5 Å². The molecular weight excluding hydrogens is 417 g/mol. The van der Waals surface area contributed by atoms with Gasteiger partial charge in [-0.1, -0.05) is 48.5 Å². The highest BCUT2D eigenvalue weighted by molar-refractivity contribution is 6.07. The molecular formula is C27H20FN3O2. The molecule has 1 heterocycles. The molecule has 5 nitrogen and oxygen atoms in total. The van der Waals surface area contributed by atoms with Gasteiger partial charge in [-0.2, -0.15) is 0 Å². The predicted octanol–water partition coefficient (Wildman–Crippen LogP) is 4.97. The molecule has 2 N–H and O–H groups in total. The summed E-state index contributed by atoms with van der Waals surface area (Å²) in [5.41, 5.74) is 6.57. The van der Waals surface area contributed by atoms with Crippen LogP contribution in [0, 0.1) is 5.82 Å². The lowest BCUT2D eigenvalue weighted by molar-refractivity contribution is 0.0949. The van der Waals surface area contributed by atoms with Crippen molar-refractivity contribution in [2.24, 2.45) is 0 Å². The Balaban J connectivity index is 1.30. The lowest BCUT2D eigenvalue weighted by atomic mass is 10.0. The van der Waals surface area contributed by atoms with Gasteiger partial charge in [0.2, 0.25) is 0 Å². The van der Waals surface area contributed by atoms with E-state index in [-0.39, 0.29) is 24.2 Å². The van der Waals surface area contributed by atoms with Crippen LogP contribution in [0.4, 0.5) is 10.1 Å². The number of aromatic nitrogens is 1. The largest absolute Gasteiger partial charge is 0.348 e. The molecule has 1 aliphatic rings. The van der Waals surface area contributed by atoms with E-state index < -0.39 is 0 Å². The van der Waals surface area contributed by atoms with E-state index in [1.165, 1.54) is 30.1 Å². The molecule has 0 saturated heterocycles. The maximum Gasteiger partial charge on any atom is 0.256 e. The van der Waals surface area contributed by atoms with Crippen molar-refractivity contribution in [1.29, 1.82) is 0 Å². The molecule has 162 valence electrons. The van der Waals surface area contributed by atoms with Crippen molar-refractivity contribution < 1.29 is 14.0 Å². The molecule has 5 rings (SSSR count). The minimum Gasteiger partial charge on any atom is -0.348 e. The number of rotatable bonds is 5. The van der Waals surface area contributed by atoms with Crippen LogP contribution in [0.5, 0.6) is 0 Å². The van der Waals surface area contributed by atoms with Crippen LogP contribution in [0.1, 0.15) is 37.4 Å². The summed E-state index contributed by atoms with van der Waals surface area (Å²) in [6.07, 6.45) is 3.65. The minimum absolute atomic E-state index is 0.245. The van der Waals surface area contributed by atoms with E-state index in [4.69, 9.17) is 0 Å². The lowest BCUT2D eigenvalue weighted by Gasteiger charge is -2.11. The van der Waals surface area contributed by atoms with Gasteiger partial charge in [0.1, 0.15) is 5.82 Å². The summed E-state index contributed by atoms with van der Waals surface area (Å²) in [6, 6.07) is 21.4. The molecule has 0 bridgehead atoms. The van der Waals surface area contributed by atoms with Crippen LogP contribution in [-0.4, -0.2) is 16.8 Å². The van der Waals surface area contributed by atoms with E-state index >= 15 is 0 Å². The number of fused-ring (bicyclic) bond motifs is 3. The first-order valence-corrected chi connectivity index (χ1v) is 10.6. The van der Waals surface area contributed by atoms with E-state index in [0.29, 0.717) is 23.2 Å². The van der Waals surface area contributed by atoms with Gasteiger partial charge in [0, 0.05) is 18.3 Å². The number of carbonyl (C=O) groups excluding carboxylic acids is 2. The summed E-state index contributed by atoms with van der Waals surface area (Å²) in [4.78, 5) is 29.7. The quantitative estimate of drug-likeness (QED) is 0.408. The van der Waals surface area contributed by atoms with Crippen LogP contribution in [0.2, 0.25) is 0 Å². The molecule has 0 radical (unpaired) electrons. The average Bonchev–Trinajstić information content (AvgIpc) is 3.22. The van der Waals surface area contributed by atoms with Crippen molar-refractivity contribution in [1.82, 2.24) is 10.3 Å². The zero-order valence-electron chi connectivity index (χ0n) is 17.6. The Labute approximate surface area is 190 Å². The van der Waals surface area contributed by atoms with Gasteiger partial charge >= 0.3 is 0 Å². The van der Waals surface area contributed by atoms with Crippen molar-refractivity contribution in [2.75, 3.05) is 5.32 Å². The molecule has 0 aliphatic heterocycles. The smallest absolute Gasteiger partial charge is 0.256 e. The average molecular weight is 437 g/mol. The Kier molecular flexibility index (Phi) is 5.40. The minimum atomic E-state index is -0.334. The number of carbonyl (C=O) groups is 2. The third-order valence-electron chi connectivity index (χ3n) is 5.72. The van der Waals surface area contributed by atoms with E-state index in [2.05, 4.69) is 27.8 Å². The summed E-state index contributed by atoms with van der Waals surface area (Å²) in [5.74, 6) is -0.907. The van der Waals surface area contributed by atoms with Crippen molar-refractivity contribution in [3.05, 3.63) is 119 Å². The van der Waals surface area contributed by atoms with E-state index in [9.17, 15) is 14.0 Å². The van der Waals surface area contributed by atoms with Gasteiger partial charge in [-0.05, 0) is 58.5 Å². The van der Waals surface area contributed by atoms with Crippen LogP contribution in [0.3, 0.4) is 0 Å². The molecule has 3 aromatic carbocycles. The molecule has 4 aromatic rings. The number of pyridine rings is 1. The van der Waals surface area contributed by atoms with E-state index in [1.54, 1.807) is 18.2 Å². The zero-order chi connectivity index (χ0) is 22.8. The van der Waals surface area contributed by atoms with Crippen LogP contribution < -0.4 is 10.6 Å². The number of nitrogens with one attached hydrogen (secondary N) is 2. The second-order valence-corrected chi connectivity index (χ2v) is 7.89. The predicted molar refractivity (Wildman–Crippen MR) is 124 cm³/mol. The maximum absolute atomic E-state index is 13.1.